The summed E-state index contributed by atoms with van der Waals surface area (Å²) >= 11 is 5.93. The van der Waals surface area contributed by atoms with E-state index in [2.05, 4.69) is 20.5 Å². The van der Waals surface area contributed by atoms with E-state index in [1.807, 2.05) is 0 Å². The van der Waals surface area contributed by atoms with E-state index in [1.54, 1.807) is 0 Å². The Bertz CT molecular complexity index is 1640. The summed E-state index contributed by atoms with van der Waals surface area (Å²) in [4.78, 5) is 16.7. The molecule has 5 rings (SSSR count). The number of fused-ring (bicyclic) bond motifs is 1. The molecule has 17 heteroatoms. The van der Waals surface area contributed by atoms with Crippen LogP contribution in [0.25, 0.3) is 16.9 Å². The van der Waals surface area contributed by atoms with E-state index in [4.69, 9.17) is 11.6 Å². The summed E-state index contributed by atoms with van der Waals surface area (Å²) in [7, 11) is 0. The average Bonchev–Trinajstić information content (AvgIpc) is 3.54. The summed E-state index contributed by atoms with van der Waals surface area (Å²) in [5.41, 5.74) is -3.96. The van der Waals surface area contributed by atoms with Crippen molar-refractivity contribution in [2.45, 2.75) is 50.0 Å². The predicted octanol–water partition coefficient (Wildman–Crippen LogP) is 6.76. The van der Waals surface area contributed by atoms with Gasteiger partial charge < -0.3 is 5.32 Å². The van der Waals surface area contributed by atoms with Gasteiger partial charge in [-0.2, -0.15) is 45.3 Å². The number of carbonyl (C=O) groups is 1. The zero-order valence-electron chi connectivity index (χ0n) is 21.0. The maximum Gasteiger partial charge on any atom is 0.459 e. The molecule has 1 aromatic carbocycles. The topological polar surface area (TPSA) is 77.1 Å². The molecule has 0 bridgehead atoms. The zero-order valence-corrected chi connectivity index (χ0v) is 21.8. The van der Waals surface area contributed by atoms with E-state index in [0.29, 0.717) is 18.9 Å². The highest BCUT2D eigenvalue weighted by atomic mass is 35.5. The van der Waals surface area contributed by atoms with Gasteiger partial charge in [-0.25, -0.2) is 13.9 Å². The first-order valence-electron chi connectivity index (χ1n) is 12.3. The van der Waals surface area contributed by atoms with E-state index in [0.717, 1.165) is 35.0 Å². The van der Waals surface area contributed by atoms with Gasteiger partial charge in [-0.3, -0.25) is 9.48 Å². The number of carbonyl (C=O) groups excluding carboxylic acids is 1. The summed E-state index contributed by atoms with van der Waals surface area (Å²) in [5.74, 6) is -7.20. The third-order valence-electron chi connectivity index (χ3n) is 6.47. The van der Waals surface area contributed by atoms with Crippen LogP contribution in [-0.4, -0.2) is 43.0 Å². The van der Waals surface area contributed by atoms with E-state index < -0.39 is 57.8 Å². The number of aromatic nitrogens is 5. The van der Waals surface area contributed by atoms with E-state index in [-0.39, 0.29) is 46.9 Å². The Morgan fingerprint density at radius 1 is 1.00 bits per heavy atom. The fourth-order valence-electron chi connectivity index (χ4n) is 4.30. The molecule has 1 amide bonds. The van der Waals surface area contributed by atoms with Gasteiger partial charge >= 0.3 is 18.3 Å². The second-order valence-corrected chi connectivity index (χ2v) is 9.94. The molecule has 0 radical (unpaired) electrons. The second-order valence-electron chi connectivity index (χ2n) is 9.56. The van der Waals surface area contributed by atoms with Crippen LogP contribution in [-0.2, 0) is 18.6 Å². The normalized spacial score (nSPS) is 14.5. The minimum absolute atomic E-state index is 0.0308. The average molecular weight is 625 g/mol. The van der Waals surface area contributed by atoms with Crippen LogP contribution in [0, 0.1) is 5.82 Å². The molecule has 7 nitrogen and oxygen atoms in total. The fraction of sp³-hybridized carbons (Fsp3) is 0.360. The quantitative estimate of drug-likeness (QED) is 0.174. The van der Waals surface area contributed by atoms with E-state index >= 15 is 0 Å². The predicted molar refractivity (Wildman–Crippen MR) is 129 cm³/mol. The number of hydrogen-bond acceptors (Lipinski definition) is 4. The number of nitrogens with one attached hydrogen (secondary N) is 1. The molecule has 1 aliphatic carbocycles. The maximum atomic E-state index is 14.5. The molecule has 42 heavy (non-hydrogen) atoms. The molecule has 1 saturated carbocycles. The highest BCUT2D eigenvalue weighted by molar-refractivity contribution is 6.32. The first-order valence-corrected chi connectivity index (χ1v) is 12.7. The van der Waals surface area contributed by atoms with Crippen molar-refractivity contribution in [3.05, 3.63) is 70.0 Å². The summed E-state index contributed by atoms with van der Waals surface area (Å²) in [6, 6.07) is 5.54. The Balaban J connectivity index is 1.37. The number of halogens is 10. The molecule has 224 valence electrons. The summed E-state index contributed by atoms with van der Waals surface area (Å²) in [6.07, 6.45) is -9.39. The van der Waals surface area contributed by atoms with Gasteiger partial charge in [0, 0.05) is 30.6 Å². The van der Waals surface area contributed by atoms with Gasteiger partial charge in [-0.15, -0.1) is 0 Å². The third-order valence-corrected chi connectivity index (χ3v) is 6.85. The molecule has 0 unspecified atom stereocenters. The van der Waals surface area contributed by atoms with Crippen molar-refractivity contribution in [2.75, 3.05) is 6.54 Å². The van der Waals surface area contributed by atoms with Crippen LogP contribution in [0.5, 0.6) is 0 Å². The summed E-state index contributed by atoms with van der Waals surface area (Å²) in [5, 5.41) is 9.11. The van der Waals surface area contributed by atoms with E-state index in [1.165, 1.54) is 0 Å². The van der Waals surface area contributed by atoms with Crippen LogP contribution < -0.4 is 5.32 Å². The monoisotopic (exact) mass is 624 g/mol. The van der Waals surface area contributed by atoms with Crippen LogP contribution in [0.4, 0.5) is 39.5 Å². The van der Waals surface area contributed by atoms with Crippen LogP contribution in [0.2, 0.25) is 5.02 Å². The van der Waals surface area contributed by atoms with Gasteiger partial charge in [0.1, 0.15) is 11.5 Å². The number of benzene rings is 1. The van der Waals surface area contributed by atoms with Crippen molar-refractivity contribution >= 4 is 23.2 Å². The lowest BCUT2D eigenvalue weighted by molar-refractivity contribution is -0.291. The molecule has 0 atom stereocenters. The summed E-state index contributed by atoms with van der Waals surface area (Å²) < 4.78 is 123. The molecule has 0 spiro atoms. The Labute approximate surface area is 235 Å². The Hall–Kier alpha value is -3.82. The molecule has 4 aromatic rings. The molecule has 0 saturated heterocycles. The van der Waals surface area contributed by atoms with Crippen molar-refractivity contribution in [2.24, 2.45) is 0 Å². The molecule has 1 N–H and O–H groups in total. The van der Waals surface area contributed by atoms with Gasteiger partial charge in [0.25, 0.3) is 5.91 Å². The smallest absolute Gasteiger partial charge is 0.351 e. The largest absolute Gasteiger partial charge is 0.459 e. The highest BCUT2D eigenvalue weighted by Crippen LogP contribution is 2.47. The summed E-state index contributed by atoms with van der Waals surface area (Å²) in [6.45, 7) is -0.174. The number of hydrogen-bond donors (Lipinski definition) is 1. The number of alkyl halides is 8. The Morgan fingerprint density at radius 3 is 2.26 bits per heavy atom. The Kier molecular flexibility index (Phi) is 7.39. The van der Waals surface area contributed by atoms with Gasteiger partial charge in [0.2, 0.25) is 0 Å². The lowest BCUT2D eigenvalue weighted by Crippen LogP contribution is -2.36. The van der Waals surface area contributed by atoms with Gasteiger partial charge in [-0.1, -0.05) is 11.6 Å². The molecule has 3 aromatic heterocycles. The van der Waals surface area contributed by atoms with Crippen molar-refractivity contribution in [3.63, 3.8) is 0 Å². The van der Waals surface area contributed by atoms with Crippen LogP contribution in [0.3, 0.4) is 0 Å². The third kappa shape index (κ3) is 5.63. The molecule has 0 aliphatic heterocycles. The Morgan fingerprint density at radius 2 is 1.67 bits per heavy atom. The van der Waals surface area contributed by atoms with Crippen LogP contribution in [0.15, 0.2) is 36.4 Å². The minimum Gasteiger partial charge on any atom is -0.351 e. The first-order chi connectivity index (χ1) is 19.6. The van der Waals surface area contributed by atoms with Crippen molar-refractivity contribution < 1.29 is 44.3 Å². The van der Waals surface area contributed by atoms with Crippen molar-refractivity contribution in [1.29, 1.82) is 0 Å². The van der Waals surface area contributed by atoms with E-state index in [9.17, 15) is 44.3 Å². The van der Waals surface area contributed by atoms with Gasteiger partial charge in [0.05, 0.1) is 16.4 Å². The minimum atomic E-state index is -6.02. The molecule has 1 aliphatic rings. The molecular weight excluding hydrogens is 607 g/mol. The standard InChI is InChI=1S/C25H18ClF9N6O/c26-19-20(13-2-3-13)40(39-21(19)24(30,31)32)9-1-8-36-22(42)16-11-18-37-15(12-4-6-14(27)7-5-12)10-17(41(18)38-16)23(28,29)25(33,34)35/h4-7,10-11,13H,1-3,8-9H2,(H,36,42). The fourth-order valence-corrected chi connectivity index (χ4v) is 4.69. The van der Waals surface area contributed by atoms with Crippen molar-refractivity contribution in [3.8, 4) is 11.3 Å². The molecule has 3 heterocycles. The SMILES string of the molecule is O=C(NCCCn1nc(C(F)(F)F)c(Cl)c1C1CC1)c1cc2nc(-c3ccc(F)cc3)cc(C(F)(F)C(F)(F)F)n2n1. The van der Waals surface area contributed by atoms with Crippen LogP contribution >= 0.6 is 11.6 Å². The maximum absolute atomic E-state index is 14.5. The molecule has 1 fully saturated rings. The first kappa shape index (κ1) is 29.7. The lowest BCUT2D eigenvalue weighted by Gasteiger charge is -2.21. The number of nitrogens with zero attached hydrogens (tertiary/aromatic N) is 5. The van der Waals surface area contributed by atoms with Crippen LogP contribution in [0.1, 0.15) is 52.8 Å². The second kappa shape index (κ2) is 10.5. The lowest BCUT2D eigenvalue weighted by atomic mass is 10.1. The highest BCUT2D eigenvalue weighted by Gasteiger charge is 2.60. The van der Waals surface area contributed by atoms with Gasteiger partial charge in [-0.05, 0) is 49.6 Å². The zero-order chi connectivity index (χ0) is 30.6. The number of amides is 1. The van der Waals surface area contributed by atoms with Crippen molar-refractivity contribution in [1.82, 2.24) is 29.7 Å². The molecular formula is C25H18ClF9N6O. The number of aryl methyl sites for hydroxylation is 1. The number of rotatable bonds is 8. The van der Waals surface area contributed by atoms with Gasteiger partial charge in [0.15, 0.2) is 17.0 Å².